The Morgan fingerprint density at radius 1 is 1.44 bits per heavy atom. The van der Waals surface area contributed by atoms with Crippen LogP contribution in [0.2, 0.25) is 0 Å². The maximum Gasteiger partial charge on any atom is 0.327 e. The number of esters is 1. The van der Waals surface area contributed by atoms with Gasteiger partial charge in [0.2, 0.25) is 0 Å². The van der Waals surface area contributed by atoms with Crippen LogP contribution in [0.3, 0.4) is 0 Å². The highest BCUT2D eigenvalue weighted by Crippen LogP contribution is 2.28. The van der Waals surface area contributed by atoms with E-state index in [9.17, 15) is 4.79 Å². The molecule has 0 radical (unpaired) electrons. The van der Waals surface area contributed by atoms with Crippen LogP contribution >= 0.6 is 0 Å². The first-order chi connectivity index (χ1) is 8.61. The van der Waals surface area contributed by atoms with Gasteiger partial charge in [0.1, 0.15) is 11.8 Å². The van der Waals surface area contributed by atoms with Gasteiger partial charge in [-0.25, -0.2) is 4.79 Å². The zero-order valence-electron chi connectivity index (χ0n) is 11.0. The van der Waals surface area contributed by atoms with Gasteiger partial charge in [0, 0.05) is 12.5 Å². The summed E-state index contributed by atoms with van der Waals surface area (Å²) in [5.74, 6) is 0.662. The Morgan fingerprint density at radius 3 is 2.89 bits per heavy atom. The highest BCUT2D eigenvalue weighted by molar-refractivity contribution is 5.77. The molecule has 4 heteroatoms. The fourth-order valence-electron chi connectivity index (χ4n) is 2.14. The molecule has 98 valence electrons. The maximum absolute atomic E-state index is 11.8. The lowest BCUT2D eigenvalue weighted by Crippen LogP contribution is -2.34. The minimum Gasteiger partial charge on any atom is -0.493 e. The van der Waals surface area contributed by atoms with Crippen molar-refractivity contribution in [1.29, 1.82) is 0 Å². The fourth-order valence-corrected chi connectivity index (χ4v) is 2.14. The lowest BCUT2D eigenvalue weighted by molar-refractivity contribution is -0.143. The molecule has 4 nitrogen and oxygen atoms in total. The molecule has 18 heavy (non-hydrogen) atoms. The second-order valence-electron chi connectivity index (χ2n) is 4.74. The summed E-state index contributed by atoms with van der Waals surface area (Å²) in [4.78, 5) is 11.8. The molecule has 1 aromatic carbocycles. The van der Waals surface area contributed by atoms with Crippen LogP contribution in [-0.4, -0.2) is 25.7 Å². The maximum atomic E-state index is 11.8. The lowest BCUT2D eigenvalue weighted by atomic mass is 10.0. The molecule has 1 aromatic rings. The van der Waals surface area contributed by atoms with Gasteiger partial charge in [-0.05, 0) is 37.1 Å². The monoisotopic (exact) mass is 249 g/mol. The lowest BCUT2D eigenvalue weighted by Gasteiger charge is -2.19. The third kappa shape index (κ3) is 2.64. The Balaban J connectivity index is 2.27. The Labute approximate surface area is 107 Å². The van der Waals surface area contributed by atoms with Crippen LogP contribution in [0.1, 0.15) is 31.0 Å². The molecule has 1 N–H and O–H groups in total. The average Bonchev–Trinajstić information content (AvgIpc) is 2.81. The van der Waals surface area contributed by atoms with Crippen molar-refractivity contribution in [2.24, 2.45) is 0 Å². The average molecular weight is 249 g/mol. The van der Waals surface area contributed by atoms with Gasteiger partial charge in [-0.2, -0.15) is 0 Å². The molecule has 1 unspecified atom stereocenters. The van der Waals surface area contributed by atoms with Crippen LogP contribution in [0.5, 0.6) is 5.75 Å². The zero-order chi connectivity index (χ0) is 13.1. The van der Waals surface area contributed by atoms with Crippen molar-refractivity contribution in [1.82, 2.24) is 5.32 Å². The van der Waals surface area contributed by atoms with Gasteiger partial charge < -0.3 is 9.47 Å². The van der Waals surface area contributed by atoms with Crippen LogP contribution in [0, 0.1) is 0 Å². The van der Waals surface area contributed by atoms with E-state index < -0.39 is 6.04 Å². The quantitative estimate of drug-likeness (QED) is 0.827. The number of hydrogen-bond donors (Lipinski definition) is 1. The summed E-state index contributed by atoms with van der Waals surface area (Å²) in [5.41, 5.74) is 2.09. The highest BCUT2D eigenvalue weighted by atomic mass is 16.5. The molecular weight excluding hydrogens is 230 g/mol. The summed E-state index contributed by atoms with van der Waals surface area (Å²) in [7, 11) is 1.41. The fraction of sp³-hybridized carbons (Fsp3) is 0.500. The van der Waals surface area contributed by atoms with Crippen LogP contribution in [-0.2, 0) is 16.0 Å². The van der Waals surface area contributed by atoms with Gasteiger partial charge in [0.05, 0.1) is 13.7 Å². The van der Waals surface area contributed by atoms with E-state index in [0.29, 0.717) is 0 Å². The molecule has 0 aromatic heterocycles. The molecule has 0 bridgehead atoms. The SMILES string of the molecule is COC(=O)C(NC(C)C)c1ccc2c(c1)CCO2. The first-order valence-corrected chi connectivity index (χ1v) is 6.21. The number of ether oxygens (including phenoxy) is 2. The minimum atomic E-state index is -0.416. The van der Waals surface area contributed by atoms with Crippen LogP contribution < -0.4 is 10.1 Å². The van der Waals surface area contributed by atoms with Crippen molar-refractivity contribution in [3.8, 4) is 5.75 Å². The van der Waals surface area contributed by atoms with Crippen molar-refractivity contribution < 1.29 is 14.3 Å². The standard InChI is InChI=1S/C14H19NO3/c1-9(2)15-13(14(16)17-3)11-4-5-12-10(8-11)6-7-18-12/h4-5,8-9,13,15H,6-7H2,1-3H3. The first kappa shape index (κ1) is 12.9. The molecule has 1 heterocycles. The topological polar surface area (TPSA) is 47.6 Å². The summed E-state index contributed by atoms with van der Waals surface area (Å²) >= 11 is 0. The van der Waals surface area contributed by atoms with E-state index in [4.69, 9.17) is 9.47 Å². The summed E-state index contributed by atoms with van der Waals surface area (Å²) < 4.78 is 10.3. The van der Waals surface area contributed by atoms with E-state index in [2.05, 4.69) is 5.32 Å². The Hall–Kier alpha value is -1.55. The summed E-state index contributed by atoms with van der Waals surface area (Å²) in [6.45, 7) is 4.73. The molecule has 0 saturated carbocycles. The molecular formula is C14H19NO3. The van der Waals surface area contributed by atoms with Crippen molar-refractivity contribution in [3.05, 3.63) is 29.3 Å². The van der Waals surface area contributed by atoms with E-state index in [-0.39, 0.29) is 12.0 Å². The second kappa shape index (κ2) is 5.40. The molecule has 0 fully saturated rings. The van der Waals surface area contributed by atoms with E-state index in [1.807, 2.05) is 32.0 Å². The number of rotatable bonds is 4. The molecule has 0 spiro atoms. The largest absolute Gasteiger partial charge is 0.493 e. The van der Waals surface area contributed by atoms with Crippen molar-refractivity contribution in [2.75, 3.05) is 13.7 Å². The molecule has 0 amide bonds. The normalized spacial score (nSPS) is 15.1. The van der Waals surface area contributed by atoms with Crippen molar-refractivity contribution in [3.63, 3.8) is 0 Å². The number of nitrogens with one attached hydrogen (secondary N) is 1. The Bertz CT molecular complexity index is 443. The van der Waals surface area contributed by atoms with Gasteiger partial charge in [0.15, 0.2) is 0 Å². The first-order valence-electron chi connectivity index (χ1n) is 6.21. The van der Waals surface area contributed by atoms with Gasteiger partial charge in [-0.3, -0.25) is 5.32 Å². The van der Waals surface area contributed by atoms with E-state index in [1.54, 1.807) is 0 Å². The second-order valence-corrected chi connectivity index (χ2v) is 4.74. The van der Waals surface area contributed by atoms with E-state index in [1.165, 1.54) is 7.11 Å². The molecule has 2 rings (SSSR count). The third-order valence-electron chi connectivity index (χ3n) is 2.98. The van der Waals surface area contributed by atoms with Gasteiger partial charge in [0.25, 0.3) is 0 Å². The summed E-state index contributed by atoms with van der Waals surface area (Å²) in [5, 5.41) is 3.22. The number of methoxy groups -OCH3 is 1. The van der Waals surface area contributed by atoms with E-state index in [0.717, 1.165) is 29.9 Å². The molecule has 0 aliphatic carbocycles. The molecule has 1 atom stereocenters. The minimum absolute atomic E-state index is 0.207. The zero-order valence-corrected chi connectivity index (χ0v) is 11.0. The highest BCUT2D eigenvalue weighted by Gasteiger charge is 2.24. The summed E-state index contributed by atoms with van der Waals surface area (Å²) in [6, 6.07) is 5.66. The number of fused-ring (bicyclic) bond motifs is 1. The molecule has 0 saturated heterocycles. The number of carbonyl (C=O) groups excluding carboxylic acids is 1. The van der Waals surface area contributed by atoms with E-state index >= 15 is 0 Å². The molecule has 1 aliphatic rings. The van der Waals surface area contributed by atoms with Crippen molar-refractivity contribution in [2.45, 2.75) is 32.4 Å². The van der Waals surface area contributed by atoms with Crippen LogP contribution in [0.15, 0.2) is 18.2 Å². The number of hydrogen-bond acceptors (Lipinski definition) is 4. The molecule has 1 aliphatic heterocycles. The van der Waals surface area contributed by atoms with Crippen LogP contribution in [0.25, 0.3) is 0 Å². The number of carbonyl (C=O) groups is 1. The predicted octanol–water partition coefficient (Wildman–Crippen LogP) is 1.83. The summed E-state index contributed by atoms with van der Waals surface area (Å²) in [6.07, 6.45) is 0.902. The third-order valence-corrected chi connectivity index (χ3v) is 2.98. The van der Waals surface area contributed by atoms with Crippen LogP contribution in [0.4, 0.5) is 0 Å². The van der Waals surface area contributed by atoms with Crippen molar-refractivity contribution >= 4 is 5.97 Å². The van der Waals surface area contributed by atoms with Gasteiger partial charge in [-0.15, -0.1) is 0 Å². The van der Waals surface area contributed by atoms with Gasteiger partial charge in [-0.1, -0.05) is 6.07 Å². The van der Waals surface area contributed by atoms with Gasteiger partial charge >= 0.3 is 5.97 Å². The smallest absolute Gasteiger partial charge is 0.327 e. The predicted molar refractivity (Wildman–Crippen MR) is 68.7 cm³/mol. The Morgan fingerprint density at radius 2 is 2.22 bits per heavy atom. The number of benzene rings is 1. The Kier molecular flexibility index (Phi) is 3.87.